The summed E-state index contributed by atoms with van der Waals surface area (Å²) >= 11 is 0. The molecule has 0 aliphatic carbocycles. The summed E-state index contributed by atoms with van der Waals surface area (Å²) in [6.45, 7) is 6.49. The van der Waals surface area contributed by atoms with E-state index in [9.17, 15) is 9.59 Å². The lowest BCUT2D eigenvalue weighted by Crippen LogP contribution is -2.25. The van der Waals surface area contributed by atoms with Crippen molar-refractivity contribution in [3.63, 3.8) is 0 Å². The number of aromatic nitrogens is 2. The smallest absolute Gasteiger partial charge is 0.254 e. The van der Waals surface area contributed by atoms with Gasteiger partial charge in [0.05, 0.1) is 5.56 Å². The zero-order chi connectivity index (χ0) is 23.2. The van der Waals surface area contributed by atoms with Gasteiger partial charge in [-0.25, -0.2) is 15.4 Å². The van der Waals surface area contributed by atoms with Gasteiger partial charge in [-0.1, -0.05) is 50.6 Å². The van der Waals surface area contributed by atoms with Crippen molar-refractivity contribution in [2.45, 2.75) is 45.4 Å². The zero-order valence-electron chi connectivity index (χ0n) is 18.5. The van der Waals surface area contributed by atoms with Crippen molar-refractivity contribution >= 4 is 23.5 Å². The third-order valence-corrected chi connectivity index (χ3v) is 4.74. The fourth-order valence-electron chi connectivity index (χ4n) is 3.11. The summed E-state index contributed by atoms with van der Waals surface area (Å²) in [4.78, 5) is 34.1. The van der Waals surface area contributed by atoms with Gasteiger partial charge in [0.2, 0.25) is 11.9 Å². The van der Waals surface area contributed by atoms with Crippen molar-refractivity contribution in [3.05, 3.63) is 72.7 Å². The number of allylic oxidation sites excluding steroid dienone is 2. The van der Waals surface area contributed by atoms with E-state index in [4.69, 9.17) is 5.21 Å². The van der Waals surface area contributed by atoms with Gasteiger partial charge in [-0.2, -0.15) is 0 Å². The van der Waals surface area contributed by atoms with Crippen LogP contribution in [0, 0.1) is 0 Å². The van der Waals surface area contributed by atoms with Crippen molar-refractivity contribution in [3.8, 4) is 0 Å². The fourth-order valence-corrected chi connectivity index (χ4v) is 3.11. The number of carbonyl (C=O) groups excluding carboxylic acids is 2. The van der Waals surface area contributed by atoms with Gasteiger partial charge < -0.3 is 5.32 Å². The summed E-state index contributed by atoms with van der Waals surface area (Å²) in [6, 6.07) is 9.76. The summed E-state index contributed by atoms with van der Waals surface area (Å²) in [5.74, 6) is -0.146. The van der Waals surface area contributed by atoms with Crippen LogP contribution >= 0.6 is 0 Å². The van der Waals surface area contributed by atoms with Gasteiger partial charge >= 0.3 is 0 Å². The largest absolute Gasteiger partial charge is 0.352 e. The zero-order valence-corrected chi connectivity index (χ0v) is 18.5. The Morgan fingerprint density at radius 3 is 2.41 bits per heavy atom. The van der Waals surface area contributed by atoms with E-state index in [0.29, 0.717) is 30.9 Å². The third kappa shape index (κ3) is 7.63. The molecule has 1 heterocycles. The minimum Gasteiger partial charge on any atom is -0.352 e. The SMILES string of the molecule is C=C/C(=C\CC)N(c1ccccc1)c1ncc(C(=O)NCCCCCCC(=O)NO)cn1. The van der Waals surface area contributed by atoms with E-state index in [-0.39, 0.29) is 11.8 Å². The number of benzene rings is 1. The van der Waals surface area contributed by atoms with E-state index in [1.54, 1.807) is 11.6 Å². The van der Waals surface area contributed by atoms with Crippen LogP contribution in [-0.4, -0.2) is 33.5 Å². The maximum absolute atomic E-state index is 12.4. The summed E-state index contributed by atoms with van der Waals surface area (Å²) in [6.07, 6.45) is 11.2. The molecule has 0 aliphatic heterocycles. The monoisotopic (exact) mass is 437 g/mol. The molecule has 0 saturated carbocycles. The van der Waals surface area contributed by atoms with E-state index in [1.807, 2.05) is 48.2 Å². The second-order valence-corrected chi connectivity index (χ2v) is 7.14. The number of carbonyl (C=O) groups is 2. The summed E-state index contributed by atoms with van der Waals surface area (Å²) in [5, 5.41) is 11.3. The molecule has 1 aromatic heterocycles. The Morgan fingerprint density at radius 2 is 1.78 bits per heavy atom. The first-order chi connectivity index (χ1) is 15.6. The van der Waals surface area contributed by atoms with E-state index >= 15 is 0 Å². The Balaban J connectivity index is 1.95. The molecule has 0 atom stereocenters. The minimum absolute atomic E-state index is 0.226. The highest BCUT2D eigenvalue weighted by molar-refractivity contribution is 5.93. The van der Waals surface area contributed by atoms with Gasteiger partial charge in [0.1, 0.15) is 0 Å². The van der Waals surface area contributed by atoms with Crippen LogP contribution in [0.1, 0.15) is 55.8 Å². The van der Waals surface area contributed by atoms with Crippen LogP contribution < -0.4 is 15.7 Å². The van der Waals surface area contributed by atoms with E-state index in [1.165, 1.54) is 12.4 Å². The maximum atomic E-state index is 12.4. The number of nitrogens with zero attached hydrogens (tertiary/aromatic N) is 3. The molecule has 32 heavy (non-hydrogen) atoms. The number of unbranched alkanes of at least 4 members (excludes halogenated alkanes) is 3. The Hall–Kier alpha value is -3.52. The molecule has 1 aromatic carbocycles. The molecule has 3 N–H and O–H groups in total. The lowest BCUT2D eigenvalue weighted by molar-refractivity contribution is -0.129. The summed E-state index contributed by atoms with van der Waals surface area (Å²) in [7, 11) is 0. The van der Waals surface area contributed by atoms with Crippen LogP contribution in [0.2, 0.25) is 0 Å². The number of amides is 2. The number of para-hydroxylation sites is 1. The Labute approximate surface area is 189 Å². The van der Waals surface area contributed by atoms with Crippen molar-refractivity contribution in [2.75, 3.05) is 11.4 Å². The van der Waals surface area contributed by atoms with Crippen LogP contribution in [0.15, 0.2) is 67.2 Å². The molecular formula is C24H31N5O3. The Kier molecular flexibility index (Phi) is 10.6. The van der Waals surface area contributed by atoms with Gasteiger partial charge in [0.15, 0.2) is 0 Å². The highest BCUT2D eigenvalue weighted by Crippen LogP contribution is 2.27. The lowest BCUT2D eigenvalue weighted by atomic mass is 10.1. The third-order valence-electron chi connectivity index (χ3n) is 4.74. The normalized spacial score (nSPS) is 11.0. The molecule has 2 aromatic rings. The van der Waals surface area contributed by atoms with Gasteiger partial charge in [0, 0.05) is 36.7 Å². The van der Waals surface area contributed by atoms with Crippen LogP contribution in [0.5, 0.6) is 0 Å². The van der Waals surface area contributed by atoms with Crippen molar-refractivity contribution < 1.29 is 14.8 Å². The number of rotatable bonds is 13. The van der Waals surface area contributed by atoms with E-state index in [0.717, 1.165) is 37.1 Å². The van der Waals surface area contributed by atoms with Gasteiger partial charge in [-0.15, -0.1) is 0 Å². The predicted molar refractivity (Wildman–Crippen MR) is 125 cm³/mol. The molecule has 8 nitrogen and oxygen atoms in total. The quantitative estimate of drug-likeness (QED) is 0.187. The van der Waals surface area contributed by atoms with Gasteiger partial charge in [-0.05, 0) is 37.5 Å². The predicted octanol–water partition coefficient (Wildman–Crippen LogP) is 4.28. The first-order valence-electron chi connectivity index (χ1n) is 10.8. The Bertz CT molecular complexity index is 898. The van der Waals surface area contributed by atoms with Crippen LogP contribution in [0.3, 0.4) is 0 Å². The van der Waals surface area contributed by atoms with Crippen molar-refractivity contribution in [1.29, 1.82) is 0 Å². The second-order valence-electron chi connectivity index (χ2n) is 7.14. The first-order valence-corrected chi connectivity index (χ1v) is 10.8. The van der Waals surface area contributed by atoms with Gasteiger partial charge in [0.25, 0.3) is 5.91 Å². The summed E-state index contributed by atoms with van der Waals surface area (Å²) in [5.41, 5.74) is 3.78. The standard InChI is InChI=1S/C24H31N5O3/c1-3-12-20(4-2)29(21-13-8-7-9-14-21)24-26-17-19(18-27-24)23(31)25-16-11-6-5-10-15-22(30)28-32/h4,7-9,12-14,17-18,32H,2-3,5-6,10-11,15-16H2,1H3,(H,25,31)(H,28,30)/b20-12+. The van der Waals surface area contributed by atoms with Crippen molar-refractivity contribution in [2.24, 2.45) is 0 Å². The highest BCUT2D eigenvalue weighted by atomic mass is 16.5. The van der Waals surface area contributed by atoms with Crippen LogP contribution in [0.4, 0.5) is 11.6 Å². The molecule has 0 unspecified atom stereocenters. The molecule has 2 amide bonds. The first kappa shape index (κ1) is 24.7. The molecule has 0 aliphatic rings. The molecular weight excluding hydrogens is 406 g/mol. The second kappa shape index (κ2) is 13.7. The molecule has 0 fully saturated rings. The molecule has 0 bridgehead atoms. The lowest BCUT2D eigenvalue weighted by Gasteiger charge is -2.24. The van der Waals surface area contributed by atoms with Gasteiger partial charge in [-0.3, -0.25) is 19.7 Å². The molecule has 0 radical (unpaired) electrons. The summed E-state index contributed by atoms with van der Waals surface area (Å²) < 4.78 is 0. The maximum Gasteiger partial charge on any atom is 0.254 e. The van der Waals surface area contributed by atoms with E-state index < -0.39 is 0 Å². The number of hydrogen-bond acceptors (Lipinski definition) is 6. The minimum atomic E-state index is -0.377. The molecule has 0 saturated heterocycles. The number of anilines is 2. The molecule has 0 spiro atoms. The van der Waals surface area contributed by atoms with Crippen LogP contribution in [-0.2, 0) is 4.79 Å². The number of hydrogen-bond donors (Lipinski definition) is 3. The topological polar surface area (TPSA) is 107 Å². The number of nitrogens with one attached hydrogen (secondary N) is 2. The average Bonchev–Trinajstić information content (AvgIpc) is 2.83. The van der Waals surface area contributed by atoms with E-state index in [2.05, 4.69) is 21.9 Å². The van der Waals surface area contributed by atoms with Crippen molar-refractivity contribution in [1.82, 2.24) is 20.8 Å². The molecule has 8 heteroatoms. The fraction of sp³-hybridized carbons (Fsp3) is 0.333. The molecule has 2 rings (SSSR count). The molecule has 170 valence electrons. The number of hydroxylamine groups is 1. The highest BCUT2D eigenvalue weighted by Gasteiger charge is 2.16. The van der Waals surface area contributed by atoms with Crippen LogP contribution in [0.25, 0.3) is 0 Å². The Morgan fingerprint density at radius 1 is 1.09 bits per heavy atom. The average molecular weight is 438 g/mol.